The fourth-order valence-corrected chi connectivity index (χ4v) is 3.05. The van der Waals surface area contributed by atoms with E-state index in [-0.39, 0.29) is 11.8 Å². The lowest BCUT2D eigenvalue weighted by Crippen LogP contribution is -2.38. The van der Waals surface area contributed by atoms with E-state index in [0.717, 1.165) is 12.8 Å². The van der Waals surface area contributed by atoms with Crippen LogP contribution in [0.25, 0.3) is 0 Å². The van der Waals surface area contributed by atoms with Crippen LogP contribution in [0.15, 0.2) is 24.3 Å². The van der Waals surface area contributed by atoms with Crippen molar-refractivity contribution in [1.29, 1.82) is 0 Å². The Balaban J connectivity index is 2.08. The number of hydrogen-bond donors (Lipinski definition) is 2. The van der Waals surface area contributed by atoms with Gasteiger partial charge in [0.05, 0.1) is 11.3 Å². The average molecular weight is 317 g/mol. The van der Waals surface area contributed by atoms with Gasteiger partial charge in [-0.15, -0.1) is 0 Å². The van der Waals surface area contributed by atoms with Crippen LogP contribution in [0.3, 0.4) is 0 Å². The molecule has 0 aliphatic heterocycles. The van der Waals surface area contributed by atoms with E-state index in [9.17, 15) is 9.59 Å². The molecule has 126 valence electrons. The fourth-order valence-electron chi connectivity index (χ4n) is 3.05. The summed E-state index contributed by atoms with van der Waals surface area (Å²) in [5.41, 5.74) is 1.17. The predicted molar refractivity (Wildman–Crippen MR) is 92.6 cm³/mol. The van der Waals surface area contributed by atoms with Crippen molar-refractivity contribution < 1.29 is 9.59 Å². The third-order valence-electron chi connectivity index (χ3n) is 4.48. The van der Waals surface area contributed by atoms with Crippen LogP contribution in [0.5, 0.6) is 0 Å². The molecule has 0 aromatic heterocycles. The van der Waals surface area contributed by atoms with Crippen LogP contribution in [0.4, 0.5) is 5.69 Å². The summed E-state index contributed by atoms with van der Waals surface area (Å²) in [5.74, 6) is -0.0960. The molecule has 0 bridgehead atoms. The lowest BCUT2D eigenvalue weighted by atomic mass is 9.94. The van der Waals surface area contributed by atoms with Gasteiger partial charge >= 0.3 is 0 Å². The normalized spacial score (nSPS) is 15.2. The van der Waals surface area contributed by atoms with Crippen molar-refractivity contribution in [1.82, 2.24) is 10.2 Å². The number of carbonyl (C=O) groups excluding carboxylic acids is 2. The van der Waals surface area contributed by atoms with Gasteiger partial charge in [-0.25, -0.2) is 0 Å². The zero-order valence-electron chi connectivity index (χ0n) is 14.1. The number of para-hydroxylation sites is 1. The Kier molecular flexibility index (Phi) is 6.59. The SMILES string of the molecule is CNCCC(=O)Nc1ccccc1C(=O)N(C)C1CCCCC1. The van der Waals surface area contributed by atoms with Crippen molar-refractivity contribution in [3.05, 3.63) is 29.8 Å². The van der Waals surface area contributed by atoms with Gasteiger partial charge in [-0.2, -0.15) is 0 Å². The first-order chi connectivity index (χ1) is 11.1. The minimum absolute atomic E-state index is 0.0126. The topological polar surface area (TPSA) is 61.4 Å². The molecule has 0 spiro atoms. The number of carbonyl (C=O) groups is 2. The summed E-state index contributed by atoms with van der Waals surface area (Å²) >= 11 is 0. The van der Waals surface area contributed by atoms with Crippen LogP contribution in [0.1, 0.15) is 48.9 Å². The Bertz CT molecular complexity index is 539. The largest absolute Gasteiger partial charge is 0.339 e. The number of hydrogen-bond acceptors (Lipinski definition) is 3. The molecule has 1 fully saturated rings. The van der Waals surface area contributed by atoms with Crippen LogP contribution < -0.4 is 10.6 Å². The maximum atomic E-state index is 12.8. The van der Waals surface area contributed by atoms with Crippen molar-refractivity contribution in [2.45, 2.75) is 44.6 Å². The number of rotatable bonds is 6. The van der Waals surface area contributed by atoms with Gasteiger partial charge in [0.25, 0.3) is 5.91 Å². The maximum Gasteiger partial charge on any atom is 0.255 e. The molecule has 1 aromatic rings. The molecule has 1 aromatic carbocycles. The Morgan fingerprint density at radius 2 is 1.87 bits per heavy atom. The van der Waals surface area contributed by atoms with Gasteiger partial charge in [0.2, 0.25) is 5.91 Å². The highest BCUT2D eigenvalue weighted by Crippen LogP contribution is 2.25. The smallest absolute Gasteiger partial charge is 0.255 e. The predicted octanol–water partition coefficient (Wildman–Crippen LogP) is 2.64. The molecule has 0 heterocycles. The monoisotopic (exact) mass is 317 g/mol. The van der Waals surface area contributed by atoms with Crippen molar-refractivity contribution in [3.63, 3.8) is 0 Å². The van der Waals surface area contributed by atoms with Crippen LogP contribution in [-0.2, 0) is 4.79 Å². The second-order valence-electron chi connectivity index (χ2n) is 6.16. The highest BCUT2D eigenvalue weighted by Gasteiger charge is 2.24. The fraction of sp³-hybridized carbons (Fsp3) is 0.556. The maximum absolute atomic E-state index is 12.8. The minimum Gasteiger partial charge on any atom is -0.339 e. The molecule has 1 aliphatic carbocycles. The van der Waals surface area contributed by atoms with Gasteiger partial charge in [-0.3, -0.25) is 9.59 Å². The van der Waals surface area contributed by atoms with Gasteiger partial charge in [-0.1, -0.05) is 31.4 Å². The molecule has 0 saturated heterocycles. The summed E-state index contributed by atoms with van der Waals surface area (Å²) in [6.07, 6.45) is 6.15. The van der Waals surface area contributed by atoms with Crippen molar-refractivity contribution in [2.75, 3.05) is 26.0 Å². The second kappa shape index (κ2) is 8.67. The van der Waals surface area contributed by atoms with E-state index in [1.54, 1.807) is 12.1 Å². The lowest BCUT2D eigenvalue weighted by molar-refractivity contribution is -0.116. The van der Waals surface area contributed by atoms with E-state index in [0.29, 0.717) is 30.3 Å². The van der Waals surface area contributed by atoms with Crippen molar-refractivity contribution in [3.8, 4) is 0 Å². The molecule has 0 atom stereocenters. The molecule has 5 nitrogen and oxygen atoms in total. The molecule has 1 aliphatic rings. The molecular formula is C18H27N3O2. The van der Waals surface area contributed by atoms with E-state index in [1.165, 1.54) is 19.3 Å². The van der Waals surface area contributed by atoms with E-state index in [4.69, 9.17) is 0 Å². The first-order valence-electron chi connectivity index (χ1n) is 8.44. The van der Waals surface area contributed by atoms with E-state index >= 15 is 0 Å². The van der Waals surface area contributed by atoms with Crippen LogP contribution in [0, 0.1) is 0 Å². The van der Waals surface area contributed by atoms with Gasteiger partial charge < -0.3 is 15.5 Å². The zero-order chi connectivity index (χ0) is 16.7. The Morgan fingerprint density at radius 1 is 1.17 bits per heavy atom. The number of amides is 2. The van der Waals surface area contributed by atoms with Gasteiger partial charge in [-0.05, 0) is 32.0 Å². The summed E-state index contributed by atoms with van der Waals surface area (Å²) in [4.78, 5) is 26.6. The first-order valence-corrected chi connectivity index (χ1v) is 8.44. The molecular weight excluding hydrogens is 290 g/mol. The second-order valence-corrected chi connectivity index (χ2v) is 6.16. The van der Waals surface area contributed by atoms with Gasteiger partial charge in [0, 0.05) is 26.1 Å². The molecule has 0 radical (unpaired) electrons. The van der Waals surface area contributed by atoms with Crippen molar-refractivity contribution in [2.24, 2.45) is 0 Å². The van der Waals surface area contributed by atoms with Crippen LogP contribution in [0.2, 0.25) is 0 Å². The number of benzene rings is 1. The highest BCUT2D eigenvalue weighted by molar-refractivity contribution is 6.03. The summed E-state index contributed by atoms with van der Waals surface area (Å²) < 4.78 is 0. The molecule has 2 rings (SSSR count). The van der Waals surface area contributed by atoms with Crippen LogP contribution in [-0.4, -0.2) is 43.4 Å². The lowest BCUT2D eigenvalue weighted by Gasteiger charge is -2.31. The number of anilines is 1. The summed E-state index contributed by atoms with van der Waals surface area (Å²) in [6, 6.07) is 7.56. The molecule has 2 N–H and O–H groups in total. The summed E-state index contributed by atoms with van der Waals surface area (Å²) in [5, 5.41) is 5.80. The van der Waals surface area contributed by atoms with E-state index in [2.05, 4.69) is 10.6 Å². The molecule has 0 unspecified atom stereocenters. The van der Waals surface area contributed by atoms with Crippen LogP contribution >= 0.6 is 0 Å². The Hall–Kier alpha value is -1.88. The standard InChI is InChI=1S/C18H27N3O2/c1-19-13-12-17(22)20-16-11-7-6-10-15(16)18(23)21(2)14-8-4-3-5-9-14/h6-7,10-11,14,19H,3-5,8-9,12-13H2,1-2H3,(H,20,22). The third-order valence-corrected chi connectivity index (χ3v) is 4.48. The molecule has 2 amide bonds. The summed E-state index contributed by atoms with van der Waals surface area (Å²) in [6.45, 7) is 0.615. The van der Waals surface area contributed by atoms with Crippen molar-refractivity contribution >= 4 is 17.5 Å². The number of nitrogens with zero attached hydrogens (tertiary/aromatic N) is 1. The average Bonchev–Trinajstić information content (AvgIpc) is 2.60. The first kappa shape index (κ1) is 17.5. The van der Waals surface area contributed by atoms with E-state index < -0.39 is 0 Å². The molecule has 23 heavy (non-hydrogen) atoms. The Labute approximate surface area is 138 Å². The molecule has 5 heteroatoms. The van der Waals surface area contributed by atoms with Gasteiger partial charge in [0.15, 0.2) is 0 Å². The third kappa shape index (κ3) is 4.79. The number of nitrogens with one attached hydrogen (secondary N) is 2. The quantitative estimate of drug-likeness (QED) is 0.848. The zero-order valence-corrected chi connectivity index (χ0v) is 14.1. The molecule has 1 saturated carbocycles. The minimum atomic E-state index is -0.0834. The van der Waals surface area contributed by atoms with E-state index in [1.807, 2.05) is 31.1 Å². The summed E-state index contributed by atoms with van der Waals surface area (Å²) in [7, 11) is 3.68. The van der Waals surface area contributed by atoms with Gasteiger partial charge in [0.1, 0.15) is 0 Å². The highest BCUT2D eigenvalue weighted by atomic mass is 16.2. The Morgan fingerprint density at radius 3 is 2.57 bits per heavy atom.